The van der Waals surface area contributed by atoms with Crippen LogP contribution in [-0.2, 0) is 0 Å². The monoisotopic (exact) mass is 283 g/mol. The number of unbranched alkanes of at least 4 members (excludes halogenated alkanes) is 10. The van der Waals surface area contributed by atoms with Crippen LogP contribution in [0.5, 0.6) is 0 Å². The number of amides is 2. The Labute approximate surface area is 126 Å². The molecule has 119 valence electrons. The first-order chi connectivity index (χ1) is 9.81. The molecule has 0 aromatic carbocycles. The molecule has 3 nitrogen and oxygen atoms in total. The number of urea groups is 1. The van der Waals surface area contributed by atoms with Gasteiger partial charge < -0.3 is 5.32 Å². The zero-order valence-corrected chi connectivity index (χ0v) is 13.8. The molecule has 1 radical (unpaired) electrons. The highest BCUT2D eigenvalue weighted by Crippen LogP contribution is 2.05. The third-order valence-corrected chi connectivity index (χ3v) is 3.57. The summed E-state index contributed by atoms with van der Waals surface area (Å²) in [6, 6.07) is -0.118. The molecule has 0 saturated carbocycles. The Morgan fingerprint density at radius 3 is 1.85 bits per heavy atom. The lowest BCUT2D eigenvalue weighted by molar-refractivity contribution is 0.239. The number of rotatable bonds is 14. The summed E-state index contributed by atoms with van der Waals surface area (Å²) in [6.07, 6.45) is 15.0. The topological polar surface area (TPSA) is 43.2 Å². The van der Waals surface area contributed by atoms with Crippen LogP contribution in [0.3, 0.4) is 0 Å². The fourth-order valence-electron chi connectivity index (χ4n) is 2.23. The van der Waals surface area contributed by atoms with Gasteiger partial charge in [-0.05, 0) is 12.8 Å². The Kier molecular flexibility index (Phi) is 15.7. The normalized spacial score (nSPS) is 10.5. The van der Waals surface area contributed by atoms with Crippen LogP contribution in [0.15, 0.2) is 0 Å². The van der Waals surface area contributed by atoms with Crippen LogP contribution in [0.25, 0.3) is 0 Å². The van der Waals surface area contributed by atoms with Gasteiger partial charge in [0.1, 0.15) is 0 Å². The summed E-state index contributed by atoms with van der Waals surface area (Å²) in [5.74, 6) is 0. The number of hydrogen-bond acceptors (Lipinski definition) is 1. The first kappa shape index (κ1) is 19.3. The molecule has 0 aliphatic rings. The summed E-state index contributed by atoms with van der Waals surface area (Å²) in [4.78, 5) is 11.4. The Morgan fingerprint density at radius 1 is 0.750 bits per heavy atom. The number of carbonyl (C=O) groups is 1. The molecule has 0 aromatic rings. The molecule has 2 amide bonds. The van der Waals surface area contributed by atoms with E-state index in [0.717, 1.165) is 19.4 Å². The maximum absolute atomic E-state index is 11.4. The third-order valence-electron chi connectivity index (χ3n) is 3.57. The highest BCUT2D eigenvalue weighted by atomic mass is 16.2. The SMILES string of the molecule is CCCCCCCC[N]C(=O)NCCCCCCCC. The second-order valence-electron chi connectivity index (χ2n) is 5.65. The number of nitrogens with zero attached hydrogens (tertiary/aromatic N) is 1. The molecule has 20 heavy (non-hydrogen) atoms. The van der Waals surface area contributed by atoms with Gasteiger partial charge in [-0.2, -0.15) is 0 Å². The number of carbonyl (C=O) groups excluding carboxylic acids is 1. The third kappa shape index (κ3) is 15.3. The standard InChI is InChI=1S/C17H35N2O/c1-3-5-7-9-11-13-15-18-17(20)19-16-14-12-10-8-6-4-2/h3-16H2,1-2H3,(H,18,20). The van der Waals surface area contributed by atoms with Crippen LogP contribution in [0.4, 0.5) is 4.79 Å². The van der Waals surface area contributed by atoms with E-state index in [1.807, 2.05) is 0 Å². The lowest BCUT2D eigenvalue weighted by Gasteiger charge is -2.05. The van der Waals surface area contributed by atoms with Gasteiger partial charge in [0.2, 0.25) is 0 Å². The summed E-state index contributed by atoms with van der Waals surface area (Å²) in [7, 11) is 0. The maximum Gasteiger partial charge on any atom is 0.336 e. The Hall–Kier alpha value is -0.730. The van der Waals surface area contributed by atoms with E-state index < -0.39 is 0 Å². The Balaban J connectivity index is 3.13. The average molecular weight is 283 g/mol. The quantitative estimate of drug-likeness (QED) is 0.447. The predicted molar refractivity (Wildman–Crippen MR) is 87.2 cm³/mol. The number of hydrogen-bond donors (Lipinski definition) is 1. The summed E-state index contributed by atoms with van der Waals surface area (Å²) in [5.41, 5.74) is 0. The van der Waals surface area contributed by atoms with Gasteiger partial charge >= 0.3 is 6.03 Å². The van der Waals surface area contributed by atoms with Gasteiger partial charge in [0.15, 0.2) is 0 Å². The Morgan fingerprint density at radius 2 is 1.25 bits per heavy atom. The summed E-state index contributed by atoms with van der Waals surface area (Å²) >= 11 is 0. The van der Waals surface area contributed by atoms with Gasteiger partial charge in [-0.25, -0.2) is 10.1 Å². The van der Waals surface area contributed by atoms with Crippen molar-refractivity contribution in [2.45, 2.75) is 90.9 Å². The van der Waals surface area contributed by atoms with Gasteiger partial charge in [-0.1, -0.05) is 78.1 Å². The fraction of sp³-hybridized carbons (Fsp3) is 0.941. The van der Waals surface area contributed by atoms with Gasteiger partial charge in [0, 0.05) is 13.1 Å². The maximum atomic E-state index is 11.4. The van der Waals surface area contributed by atoms with Crippen LogP contribution < -0.4 is 10.6 Å². The highest BCUT2D eigenvalue weighted by molar-refractivity contribution is 5.73. The molecule has 0 rings (SSSR count). The van der Waals surface area contributed by atoms with E-state index in [0.29, 0.717) is 6.54 Å². The minimum atomic E-state index is -0.118. The molecule has 0 spiro atoms. The zero-order chi connectivity index (χ0) is 14.9. The Bertz CT molecular complexity index is 187. The molecule has 0 saturated heterocycles. The number of nitrogens with one attached hydrogen (secondary N) is 1. The molecule has 3 heteroatoms. The molecule has 0 atom stereocenters. The van der Waals surface area contributed by atoms with E-state index >= 15 is 0 Å². The molecule has 0 bridgehead atoms. The first-order valence-electron chi connectivity index (χ1n) is 8.76. The lowest BCUT2D eigenvalue weighted by atomic mass is 10.1. The van der Waals surface area contributed by atoms with Crippen molar-refractivity contribution in [1.82, 2.24) is 10.6 Å². The van der Waals surface area contributed by atoms with E-state index in [1.54, 1.807) is 0 Å². The van der Waals surface area contributed by atoms with Gasteiger partial charge in [0.05, 0.1) is 0 Å². The van der Waals surface area contributed by atoms with E-state index in [9.17, 15) is 4.79 Å². The van der Waals surface area contributed by atoms with Gasteiger partial charge in [-0.3, -0.25) is 0 Å². The highest BCUT2D eigenvalue weighted by Gasteiger charge is 2.00. The molecule has 0 fully saturated rings. The van der Waals surface area contributed by atoms with Crippen molar-refractivity contribution in [3.8, 4) is 0 Å². The second kappa shape index (κ2) is 16.3. The van der Waals surface area contributed by atoms with Crippen molar-refractivity contribution in [1.29, 1.82) is 0 Å². The van der Waals surface area contributed by atoms with Gasteiger partial charge in [-0.15, -0.1) is 0 Å². The molecule has 0 unspecified atom stereocenters. The average Bonchev–Trinajstić information content (AvgIpc) is 2.45. The first-order valence-corrected chi connectivity index (χ1v) is 8.76. The summed E-state index contributed by atoms with van der Waals surface area (Å²) in [5, 5.41) is 6.92. The van der Waals surface area contributed by atoms with Crippen molar-refractivity contribution < 1.29 is 4.79 Å². The molecule has 0 aliphatic heterocycles. The van der Waals surface area contributed by atoms with Crippen molar-refractivity contribution in [2.24, 2.45) is 0 Å². The smallest absolute Gasteiger partial charge is 0.336 e. The second-order valence-corrected chi connectivity index (χ2v) is 5.65. The van der Waals surface area contributed by atoms with Crippen molar-refractivity contribution >= 4 is 6.03 Å². The predicted octanol–water partition coefficient (Wildman–Crippen LogP) is 5.02. The largest absolute Gasteiger partial charge is 0.337 e. The van der Waals surface area contributed by atoms with Gasteiger partial charge in [0.25, 0.3) is 0 Å². The zero-order valence-electron chi connectivity index (χ0n) is 13.8. The van der Waals surface area contributed by atoms with Crippen molar-refractivity contribution in [2.75, 3.05) is 13.1 Å². The van der Waals surface area contributed by atoms with Crippen LogP contribution in [0, 0.1) is 0 Å². The molecule has 0 heterocycles. The van der Waals surface area contributed by atoms with E-state index in [-0.39, 0.29) is 6.03 Å². The molecule has 1 N–H and O–H groups in total. The summed E-state index contributed by atoms with van der Waals surface area (Å²) < 4.78 is 0. The van der Waals surface area contributed by atoms with Crippen molar-refractivity contribution in [3.63, 3.8) is 0 Å². The minimum Gasteiger partial charge on any atom is -0.337 e. The lowest BCUT2D eigenvalue weighted by Crippen LogP contribution is -2.31. The van der Waals surface area contributed by atoms with E-state index in [1.165, 1.54) is 64.2 Å². The van der Waals surface area contributed by atoms with Crippen molar-refractivity contribution in [3.05, 3.63) is 0 Å². The molecule has 0 aromatic heterocycles. The van der Waals surface area contributed by atoms with Crippen LogP contribution in [-0.4, -0.2) is 19.1 Å². The molecular formula is C17H35N2O. The fourth-order valence-corrected chi connectivity index (χ4v) is 2.23. The molecule has 0 aliphatic carbocycles. The molecular weight excluding hydrogens is 248 g/mol. The van der Waals surface area contributed by atoms with Crippen LogP contribution in [0.1, 0.15) is 90.9 Å². The minimum absolute atomic E-state index is 0.118. The van der Waals surface area contributed by atoms with Crippen LogP contribution in [0.2, 0.25) is 0 Å². The van der Waals surface area contributed by atoms with Crippen LogP contribution >= 0.6 is 0 Å². The summed E-state index contributed by atoms with van der Waals surface area (Å²) in [6.45, 7) is 5.93. The van der Waals surface area contributed by atoms with E-state index in [2.05, 4.69) is 24.5 Å². The van der Waals surface area contributed by atoms with E-state index in [4.69, 9.17) is 0 Å².